The lowest BCUT2D eigenvalue weighted by atomic mass is 10.1. The van der Waals surface area contributed by atoms with Crippen molar-refractivity contribution in [3.05, 3.63) is 83.6 Å². The Morgan fingerprint density at radius 3 is 2.67 bits per heavy atom. The number of rotatable bonds is 5. The molecule has 1 atom stereocenters. The van der Waals surface area contributed by atoms with Crippen LogP contribution in [-0.2, 0) is 17.7 Å². The second-order valence-electron chi connectivity index (χ2n) is 6.84. The van der Waals surface area contributed by atoms with Crippen molar-refractivity contribution in [2.24, 2.45) is 0 Å². The zero-order valence-corrected chi connectivity index (χ0v) is 15.2. The molecule has 0 radical (unpaired) electrons. The summed E-state index contributed by atoms with van der Waals surface area (Å²) < 4.78 is 12.0. The standard InChI is InChI=1S/C23H22N2O2/c24-15-19-8-4-5-9-22(19)23-11-10-20(27-23)16-25-12-13-26-21(17-25)14-18-6-2-1-3-7-18/h1-11,21H,12-14,16-17H2/t21-/m1/s1. The second-order valence-corrected chi connectivity index (χ2v) is 6.84. The van der Waals surface area contributed by atoms with Crippen molar-refractivity contribution in [2.75, 3.05) is 19.7 Å². The molecule has 0 amide bonds. The van der Waals surface area contributed by atoms with Crippen LogP contribution in [0.15, 0.2) is 71.1 Å². The molecule has 4 rings (SSSR count). The summed E-state index contributed by atoms with van der Waals surface area (Å²) in [6.07, 6.45) is 1.13. The number of furan rings is 1. The molecule has 0 bridgehead atoms. The van der Waals surface area contributed by atoms with Gasteiger partial charge in [0.2, 0.25) is 0 Å². The van der Waals surface area contributed by atoms with Gasteiger partial charge in [0, 0.05) is 18.7 Å². The first-order valence-electron chi connectivity index (χ1n) is 9.28. The summed E-state index contributed by atoms with van der Waals surface area (Å²) in [5, 5.41) is 9.28. The van der Waals surface area contributed by atoms with Crippen molar-refractivity contribution >= 4 is 0 Å². The molecule has 2 heterocycles. The fourth-order valence-corrected chi connectivity index (χ4v) is 3.55. The number of hydrogen-bond donors (Lipinski definition) is 0. The molecule has 4 nitrogen and oxygen atoms in total. The number of nitrogens with zero attached hydrogens (tertiary/aromatic N) is 2. The molecule has 0 saturated carbocycles. The fraction of sp³-hybridized carbons (Fsp3) is 0.261. The third-order valence-corrected chi connectivity index (χ3v) is 4.88. The highest BCUT2D eigenvalue weighted by atomic mass is 16.5. The van der Waals surface area contributed by atoms with Crippen LogP contribution in [0.5, 0.6) is 0 Å². The quantitative estimate of drug-likeness (QED) is 0.684. The van der Waals surface area contributed by atoms with Crippen LogP contribution >= 0.6 is 0 Å². The van der Waals surface area contributed by atoms with Gasteiger partial charge < -0.3 is 9.15 Å². The number of ether oxygens (including phenoxy) is 1. The first-order chi connectivity index (χ1) is 13.3. The van der Waals surface area contributed by atoms with Crippen molar-refractivity contribution in [3.8, 4) is 17.4 Å². The molecule has 0 unspecified atom stereocenters. The SMILES string of the molecule is N#Cc1ccccc1-c1ccc(CN2CCO[C@H](Cc3ccccc3)C2)o1. The van der Waals surface area contributed by atoms with Gasteiger partial charge >= 0.3 is 0 Å². The molecule has 3 aromatic rings. The zero-order chi connectivity index (χ0) is 18.5. The monoisotopic (exact) mass is 358 g/mol. The predicted octanol–water partition coefficient (Wildman–Crippen LogP) is 4.26. The maximum absolute atomic E-state index is 9.28. The van der Waals surface area contributed by atoms with Gasteiger partial charge in [-0.15, -0.1) is 0 Å². The van der Waals surface area contributed by atoms with Crippen molar-refractivity contribution in [1.82, 2.24) is 4.90 Å². The Hall–Kier alpha value is -2.87. The third-order valence-electron chi connectivity index (χ3n) is 4.88. The Bertz CT molecular complexity index is 927. The first-order valence-corrected chi connectivity index (χ1v) is 9.28. The lowest BCUT2D eigenvalue weighted by molar-refractivity contribution is -0.0321. The maximum Gasteiger partial charge on any atom is 0.135 e. The lowest BCUT2D eigenvalue weighted by Crippen LogP contribution is -2.42. The van der Waals surface area contributed by atoms with Crippen molar-refractivity contribution in [3.63, 3.8) is 0 Å². The van der Waals surface area contributed by atoms with E-state index in [4.69, 9.17) is 9.15 Å². The van der Waals surface area contributed by atoms with Gasteiger partial charge in [0.15, 0.2) is 0 Å². The van der Waals surface area contributed by atoms with E-state index in [9.17, 15) is 5.26 Å². The Morgan fingerprint density at radius 2 is 1.81 bits per heavy atom. The van der Waals surface area contributed by atoms with Gasteiger partial charge in [-0.3, -0.25) is 4.90 Å². The number of nitriles is 1. The molecule has 1 aromatic heterocycles. The van der Waals surface area contributed by atoms with Crippen LogP contribution in [0.1, 0.15) is 16.9 Å². The minimum Gasteiger partial charge on any atom is -0.460 e. The van der Waals surface area contributed by atoms with E-state index in [1.54, 1.807) is 0 Å². The number of hydrogen-bond acceptors (Lipinski definition) is 4. The highest BCUT2D eigenvalue weighted by Crippen LogP contribution is 2.26. The second kappa shape index (κ2) is 8.22. The average molecular weight is 358 g/mol. The van der Waals surface area contributed by atoms with Gasteiger partial charge in [0.1, 0.15) is 11.5 Å². The van der Waals surface area contributed by atoms with Gasteiger partial charge in [-0.25, -0.2) is 0 Å². The van der Waals surface area contributed by atoms with Crippen molar-refractivity contribution < 1.29 is 9.15 Å². The summed E-state index contributed by atoms with van der Waals surface area (Å²) in [7, 11) is 0. The Morgan fingerprint density at radius 1 is 1.00 bits per heavy atom. The van der Waals surface area contributed by atoms with Gasteiger partial charge in [-0.1, -0.05) is 42.5 Å². The molecule has 2 aromatic carbocycles. The summed E-state index contributed by atoms with van der Waals surface area (Å²) in [6, 6.07) is 24.2. The molecule has 0 N–H and O–H groups in total. The van der Waals surface area contributed by atoms with E-state index in [0.29, 0.717) is 5.56 Å². The first kappa shape index (κ1) is 17.5. The molecule has 4 heteroatoms. The van der Waals surface area contributed by atoms with E-state index < -0.39 is 0 Å². The van der Waals surface area contributed by atoms with Gasteiger partial charge in [-0.05, 0) is 36.2 Å². The maximum atomic E-state index is 9.28. The van der Waals surface area contributed by atoms with E-state index in [0.717, 1.165) is 49.7 Å². The molecule has 27 heavy (non-hydrogen) atoms. The topological polar surface area (TPSA) is 49.4 Å². The summed E-state index contributed by atoms with van der Waals surface area (Å²) >= 11 is 0. The minimum absolute atomic E-state index is 0.204. The van der Waals surface area contributed by atoms with Crippen molar-refractivity contribution in [1.29, 1.82) is 5.26 Å². The summed E-state index contributed by atoms with van der Waals surface area (Å²) in [5.74, 6) is 1.66. The zero-order valence-electron chi connectivity index (χ0n) is 15.2. The largest absolute Gasteiger partial charge is 0.460 e. The van der Waals surface area contributed by atoms with Crippen LogP contribution in [0.2, 0.25) is 0 Å². The van der Waals surface area contributed by atoms with E-state index in [1.807, 2.05) is 42.5 Å². The molecule has 0 spiro atoms. The van der Waals surface area contributed by atoms with E-state index in [-0.39, 0.29) is 6.10 Å². The smallest absolute Gasteiger partial charge is 0.135 e. The summed E-state index contributed by atoms with van der Waals surface area (Å²) in [5.41, 5.74) is 2.78. The van der Waals surface area contributed by atoms with Crippen LogP contribution in [-0.4, -0.2) is 30.7 Å². The Balaban J connectivity index is 1.41. The van der Waals surface area contributed by atoms with E-state index in [2.05, 4.69) is 35.2 Å². The normalized spacial score (nSPS) is 17.5. The highest BCUT2D eigenvalue weighted by molar-refractivity contribution is 5.66. The van der Waals surface area contributed by atoms with Gasteiger partial charge in [0.25, 0.3) is 0 Å². The molecule has 1 aliphatic heterocycles. The third kappa shape index (κ3) is 4.28. The Kier molecular flexibility index (Phi) is 5.34. The lowest BCUT2D eigenvalue weighted by Gasteiger charge is -2.32. The van der Waals surface area contributed by atoms with Crippen LogP contribution in [0, 0.1) is 11.3 Å². The molecule has 1 aliphatic rings. The molecule has 0 aliphatic carbocycles. The number of benzene rings is 2. The fourth-order valence-electron chi connectivity index (χ4n) is 3.55. The molecule has 1 fully saturated rings. The molecular weight excluding hydrogens is 336 g/mol. The molecule has 136 valence electrons. The Labute approximate surface area is 159 Å². The highest BCUT2D eigenvalue weighted by Gasteiger charge is 2.22. The summed E-state index contributed by atoms with van der Waals surface area (Å²) in [4.78, 5) is 2.37. The molecular formula is C23H22N2O2. The predicted molar refractivity (Wildman–Crippen MR) is 104 cm³/mol. The van der Waals surface area contributed by atoms with Crippen LogP contribution < -0.4 is 0 Å². The van der Waals surface area contributed by atoms with Gasteiger partial charge in [0.05, 0.1) is 30.9 Å². The van der Waals surface area contributed by atoms with Crippen LogP contribution in [0.4, 0.5) is 0 Å². The van der Waals surface area contributed by atoms with Crippen molar-refractivity contribution in [2.45, 2.75) is 19.1 Å². The van der Waals surface area contributed by atoms with E-state index in [1.165, 1.54) is 5.56 Å². The average Bonchev–Trinajstić information content (AvgIpc) is 3.17. The van der Waals surface area contributed by atoms with Crippen LogP contribution in [0.3, 0.4) is 0 Å². The number of morpholine rings is 1. The van der Waals surface area contributed by atoms with Crippen LogP contribution in [0.25, 0.3) is 11.3 Å². The minimum atomic E-state index is 0.204. The molecule has 1 saturated heterocycles. The van der Waals surface area contributed by atoms with E-state index >= 15 is 0 Å². The van der Waals surface area contributed by atoms with Gasteiger partial charge in [-0.2, -0.15) is 5.26 Å². The summed E-state index contributed by atoms with van der Waals surface area (Å²) in [6.45, 7) is 3.28.